The molecule has 1 unspecified atom stereocenters. The number of halogens is 1. The molecular formula is C38H29BrN6O6S. The highest BCUT2D eigenvalue weighted by Crippen LogP contribution is 2.41. The number of anilines is 1. The van der Waals surface area contributed by atoms with Crippen LogP contribution < -0.4 is 21.3 Å². The first-order chi connectivity index (χ1) is 25.2. The van der Waals surface area contributed by atoms with Gasteiger partial charge in [-0.1, -0.05) is 58.0 Å². The second-order valence-electron chi connectivity index (χ2n) is 12.2. The van der Waals surface area contributed by atoms with E-state index in [0.717, 1.165) is 29.9 Å². The quantitative estimate of drug-likeness (QED) is 0.122. The van der Waals surface area contributed by atoms with Crippen LogP contribution in [0.3, 0.4) is 0 Å². The largest absolute Gasteiger partial charge is 0.383 e. The smallest absolute Gasteiger partial charge is 0.264 e. The van der Waals surface area contributed by atoms with E-state index in [-0.39, 0.29) is 67.3 Å². The molecule has 4 aromatic rings. The lowest BCUT2D eigenvalue weighted by atomic mass is 9.86. The molecule has 12 nitrogen and oxygen atoms in total. The Bertz CT molecular complexity index is 2300. The van der Waals surface area contributed by atoms with Crippen molar-refractivity contribution in [3.63, 3.8) is 0 Å². The highest BCUT2D eigenvalue weighted by Gasteiger charge is 2.45. The van der Waals surface area contributed by atoms with E-state index in [1.165, 1.54) is 6.07 Å². The second-order valence-corrected chi connectivity index (χ2v) is 14.2. The summed E-state index contributed by atoms with van der Waals surface area (Å²) in [5, 5.41) is 22.9. The number of amides is 5. The standard InChI is InChI=1S/C38H29BrN6O6S/c39-20-7-9-21(10-8-20)52-29-13-11-23-32-22(29)3-1-4-24(32)35(48)26(19-40)34(23)43-16-15-30(46)42-18-17-41-27-6-2-5-25-33(27)38(51)45(37(25)50)28-12-14-31(47)44-36(28)49/h1-11,13,28,41,43H,12,14-18H2,(H,42,46)(H,44,47,49). The van der Waals surface area contributed by atoms with Gasteiger partial charge in [-0.3, -0.25) is 39.0 Å². The van der Waals surface area contributed by atoms with Gasteiger partial charge in [0.1, 0.15) is 17.7 Å². The SMILES string of the molecule is N#CC1=C(NCCC(=O)NCCNc2cccc3c2C(=O)N(C2CCC(=O)NC2=O)C3=O)c2ccc(Sc3ccc(Br)cc3)c3cccc(c23)C1=O. The Kier molecular flexibility index (Phi) is 9.63. The number of rotatable bonds is 11. The van der Waals surface area contributed by atoms with Crippen LogP contribution in [0.2, 0.25) is 0 Å². The molecule has 260 valence electrons. The fraction of sp³-hybridized carbons (Fsp3) is 0.184. The summed E-state index contributed by atoms with van der Waals surface area (Å²) in [6.07, 6.45) is 0.131. The predicted octanol–water partition coefficient (Wildman–Crippen LogP) is 4.79. The number of nitrogens with zero attached hydrogens (tertiary/aromatic N) is 2. The number of carbonyl (C=O) groups is 6. The lowest BCUT2D eigenvalue weighted by molar-refractivity contribution is -0.136. The molecule has 1 atom stereocenters. The number of benzene rings is 4. The molecule has 52 heavy (non-hydrogen) atoms. The van der Waals surface area contributed by atoms with Gasteiger partial charge in [0.15, 0.2) is 0 Å². The Morgan fingerprint density at radius 3 is 2.42 bits per heavy atom. The number of hydrogen-bond acceptors (Lipinski definition) is 10. The number of imide groups is 2. The third-order valence-electron chi connectivity index (χ3n) is 9.03. The van der Waals surface area contributed by atoms with E-state index < -0.39 is 29.7 Å². The van der Waals surface area contributed by atoms with Crippen molar-refractivity contribution in [3.8, 4) is 6.07 Å². The fourth-order valence-electron chi connectivity index (χ4n) is 6.62. The van der Waals surface area contributed by atoms with Crippen molar-refractivity contribution in [1.82, 2.24) is 20.9 Å². The molecule has 7 rings (SSSR count). The average Bonchev–Trinajstić information content (AvgIpc) is 3.39. The first kappa shape index (κ1) is 34.7. The van der Waals surface area contributed by atoms with Crippen LogP contribution in [-0.4, -0.2) is 65.9 Å². The van der Waals surface area contributed by atoms with E-state index in [1.807, 2.05) is 48.5 Å². The van der Waals surface area contributed by atoms with Gasteiger partial charge >= 0.3 is 0 Å². The second kappa shape index (κ2) is 14.5. The maximum absolute atomic E-state index is 13.5. The van der Waals surface area contributed by atoms with Crippen molar-refractivity contribution >= 4 is 85.2 Å². The minimum Gasteiger partial charge on any atom is -0.383 e. The maximum atomic E-state index is 13.5. The molecule has 5 amide bonds. The fourth-order valence-corrected chi connectivity index (χ4v) is 7.83. The number of nitrogens with one attached hydrogen (secondary N) is 4. The van der Waals surface area contributed by atoms with Crippen LogP contribution in [0, 0.1) is 11.3 Å². The van der Waals surface area contributed by atoms with E-state index in [4.69, 9.17) is 0 Å². The monoisotopic (exact) mass is 776 g/mol. The van der Waals surface area contributed by atoms with Crippen LogP contribution in [0.5, 0.6) is 0 Å². The summed E-state index contributed by atoms with van der Waals surface area (Å²) in [5.74, 6) is -3.02. The summed E-state index contributed by atoms with van der Waals surface area (Å²) in [5.41, 5.74) is 2.20. The third-order valence-corrected chi connectivity index (χ3v) is 10.6. The van der Waals surface area contributed by atoms with Crippen molar-refractivity contribution in [3.05, 3.63) is 105 Å². The summed E-state index contributed by atoms with van der Waals surface area (Å²) in [4.78, 5) is 79.6. The zero-order chi connectivity index (χ0) is 36.5. The van der Waals surface area contributed by atoms with E-state index in [0.29, 0.717) is 22.5 Å². The van der Waals surface area contributed by atoms with Gasteiger partial charge in [0.05, 0.1) is 16.8 Å². The Morgan fingerprint density at radius 2 is 1.65 bits per heavy atom. The molecule has 2 aliphatic heterocycles. The minimum atomic E-state index is -1.07. The van der Waals surface area contributed by atoms with Crippen molar-refractivity contribution in [2.75, 3.05) is 25.0 Å². The average molecular weight is 778 g/mol. The van der Waals surface area contributed by atoms with E-state index >= 15 is 0 Å². The van der Waals surface area contributed by atoms with E-state index in [1.54, 1.807) is 30.0 Å². The summed E-state index contributed by atoms with van der Waals surface area (Å²) in [6, 6.07) is 23.1. The highest BCUT2D eigenvalue weighted by atomic mass is 79.9. The summed E-state index contributed by atoms with van der Waals surface area (Å²) >= 11 is 5.04. The van der Waals surface area contributed by atoms with Gasteiger partial charge in [0.25, 0.3) is 11.8 Å². The van der Waals surface area contributed by atoms with Crippen LogP contribution in [-0.2, 0) is 14.4 Å². The molecule has 14 heteroatoms. The van der Waals surface area contributed by atoms with E-state index in [2.05, 4.69) is 43.3 Å². The van der Waals surface area contributed by atoms with Crippen LogP contribution in [0.4, 0.5) is 5.69 Å². The molecule has 1 aliphatic carbocycles. The molecule has 2 heterocycles. The van der Waals surface area contributed by atoms with Crippen molar-refractivity contribution < 1.29 is 28.8 Å². The zero-order valence-electron chi connectivity index (χ0n) is 27.4. The highest BCUT2D eigenvalue weighted by molar-refractivity contribution is 9.10. The molecule has 3 aliphatic rings. The molecule has 0 spiro atoms. The van der Waals surface area contributed by atoms with Crippen LogP contribution in [0.25, 0.3) is 16.5 Å². The topological polar surface area (TPSA) is 178 Å². The number of Topliss-reactive ketones (excluding diaryl/α,β-unsaturated/α-hetero) is 1. The Labute approximate surface area is 310 Å². The van der Waals surface area contributed by atoms with Crippen LogP contribution in [0.15, 0.2) is 92.6 Å². The first-order valence-corrected chi connectivity index (χ1v) is 18.0. The van der Waals surface area contributed by atoms with Gasteiger partial charge in [-0.2, -0.15) is 5.26 Å². The van der Waals surface area contributed by atoms with Crippen molar-refractivity contribution in [2.24, 2.45) is 0 Å². The molecular weight excluding hydrogens is 748 g/mol. The van der Waals surface area contributed by atoms with Gasteiger partial charge < -0.3 is 16.0 Å². The summed E-state index contributed by atoms with van der Waals surface area (Å²) < 4.78 is 0.975. The lowest BCUT2D eigenvalue weighted by Gasteiger charge is -2.27. The first-order valence-electron chi connectivity index (χ1n) is 16.4. The Balaban J connectivity index is 0.969. The normalized spacial score (nSPS) is 16.5. The van der Waals surface area contributed by atoms with Crippen LogP contribution in [0.1, 0.15) is 55.9 Å². The number of fused-ring (bicyclic) bond motifs is 1. The van der Waals surface area contributed by atoms with Gasteiger partial charge in [-0.05, 0) is 54.3 Å². The van der Waals surface area contributed by atoms with Gasteiger partial charge in [-0.25, -0.2) is 0 Å². The number of piperidine rings is 1. The van der Waals surface area contributed by atoms with Crippen molar-refractivity contribution in [1.29, 1.82) is 5.26 Å². The summed E-state index contributed by atoms with van der Waals surface area (Å²) in [7, 11) is 0. The summed E-state index contributed by atoms with van der Waals surface area (Å²) in [6.45, 7) is 0.579. The predicted molar refractivity (Wildman–Crippen MR) is 196 cm³/mol. The molecule has 0 bridgehead atoms. The molecule has 4 aromatic carbocycles. The Morgan fingerprint density at radius 1 is 0.885 bits per heavy atom. The maximum Gasteiger partial charge on any atom is 0.264 e. The van der Waals surface area contributed by atoms with E-state index in [9.17, 15) is 34.0 Å². The molecule has 1 saturated heterocycles. The molecule has 1 fully saturated rings. The van der Waals surface area contributed by atoms with Gasteiger partial charge in [0.2, 0.25) is 23.5 Å². The molecule has 0 aromatic heterocycles. The van der Waals surface area contributed by atoms with Crippen LogP contribution >= 0.6 is 27.7 Å². The Hall–Kier alpha value is -5.78. The number of carbonyl (C=O) groups excluding carboxylic acids is 6. The zero-order valence-corrected chi connectivity index (χ0v) is 29.8. The minimum absolute atomic E-state index is 0.0162. The molecule has 4 N–H and O–H groups in total. The third kappa shape index (κ3) is 6.44. The molecule has 0 saturated carbocycles. The number of nitriles is 1. The number of hydrogen-bond donors (Lipinski definition) is 4. The number of ketones is 1. The van der Waals surface area contributed by atoms with Gasteiger partial charge in [0, 0.05) is 68.9 Å². The lowest BCUT2D eigenvalue weighted by Crippen LogP contribution is -2.54. The van der Waals surface area contributed by atoms with Gasteiger partial charge in [-0.15, -0.1) is 0 Å². The number of allylic oxidation sites excluding steroid dienone is 1. The molecule has 0 radical (unpaired) electrons. The van der Waals surface area contributed by atoms with Crippen molar-refractivity contribution in [2.45, 2.75) is 35.1 Å².